The molecule has 6 nitrogen and oxygen atoms in total. The fraction of sp³-hybridized carbons (Fsp3) is 0.353. The van der Waals surface area contributed by atoms with Crippen molar-refractivity contribution in [3.63, 3.8) is 0 Å². The highest BCUT2D eigenvalue weighted by Gasteiger charge is 2.21. The minimum atomic E-state index is -0.666. The molecule has 6 heteroatoms. The number of hydrogen-bond donors (Lipinski definition) is 3. The summed E-state index contributed by atoms with van der Waals surface area (Å²) < 4.78 is 1.94. The van der Waals surface area contributed by atoms with Crippen molar-refractivity contribution in [1.82, 2.24) is 9.47 Å². The summed E-state index contributed by atoms with van der Waals surface area (Å²) in [7, 11) is 0. The third-order valence-electron chi connectivity index (χ3n) is 3.52. The van der Waals surface area contributed by atoms with Crippen LogP contribution in [0.3, 0.4) is 0 Å². The van der Waals surface area contributed by atoms with E-state index in [9.17, 15) is 15.0 Å². The van der Waals surface area contributed by atoms with Gasteiger partial charge in [-0.05, 0) is 44.2 Å². The molecular formula is C17H23N3O3. The van der Waals surface area contributed by atoms with E-state index in [4.69, 9.17) is 0 Å². The number of urea groups is 1. The fourth-order valence-electron chi connectivity index (χ4n) is 2.29. The molecule has 1 aromatic heterocycles. The number of amides is 2. The van der Waals surface area contributed by atoms with Gasteiger partial charge in [-0.3, -0.25) is 0 Å². The van der Waals surface area contributed by atoms with Gasteiger partial charge in [0.05, 0.1) is 18.8 Å². The number of hydrogen-bond acceptors (Lipinski definition) is 3. The van der Waals surface area contributed by atoms with Crippen LogP contribution in [-0.2, 0) is 0 Å². The SMILES string of the molecule is CC(O)CN(C(=O)Nc1cccc(-n2cccc2)c1)C(C)CO. The zero-order chi connectivity index (χ0) is 16.8. The predicted octanol–water partition coefficient (Wildman–Crippen LogP) is 2.07. The topological polar surface area (TPSA) is 77.7 Å². The summed E-state index contributed by atoms with van der Waals surface area (Å²) >= 11 is 0. The first-order chi connectivity index (χ1) is 11.0. The fourth-order valence-corrected chi connectivity index (χ4v) is 2.29. The lowest BCUT2D eigenvalue weighted by Gasteiger charge is -2.29. The van der Waals surface area contributed by atoms with Gasteiger partial charge in [-0.15, -0.1) is 0 Å². The molecule has 2 aromatic rings. The molecule has 1 aromatic carbocycles. The molecule has 124 valence electrons. The smallest absolute Gasteiger partial charge is 0.322 e. The summed E-state index contributed by atoms with van der Waals surface area (Å²) in [6.45, 7) is 3.34. The van der Waals surface area contributed by atoms with Crippen molar-refractivity contribution < 1.29 is 15.0 Å². The molecule has 0 radical (unpaired) electrons. The van der Waals surface area contributed by atoms with Gasteiger partial charge in [-0.25, -0.2) is 4.79 Å². The first-order valence-electron chi connectivity index (χ1n) is 7.61. The van der Waals surface area contributed by atoms with Gasteiger partial charge in [-0.2, -0.15) is 0 Å². The monoisotopic (exact) mass is 317 g/mol. The average molecular weight is 317 g/mol. The van der Waals surface area contributed by atoms with Crippen LogP contribution in [0.25, 0.3) is 5.69 Å². The molecule has 2 rings (SSSR count). The summed E-state index contributed by atoms with van der Waals surface area (Å²) in [4.78, 5) is 13.9. The number of benzene rings is 1. The Balaban J connectivity index is 2.13. The van der Waals surface area contributed by atoms with Crippen LogP contribution >= 0.6 is 0 Å². The Labute approximate surface area is 136 Å². The Morgan fingerprint density at radius 2 is 1.96 bits per heavy atom. The van der Waals surface area contributed by atoms with Crippen LogP contribution in [0.2, 0.25) is 0 Å². The van der Waals surface area contributed by atoms with Crippen LogP contribution in [0.15, 0.2) is 48.8 Å². The van der Waals surface area contributed by atoms with Gasteiger partial charge in [0.15, 0.2) is 0 Å². The Morgan fingerprint density at radius 3 is 2.57 bits per heavy atom. The average Bonchev–Trinajstić information content (AvgIpc) is 3.06. The van der Waals surface area contributed by atoms with E-state index in [-0.39, 0.29) is 25.2 Å². The van der Waals surface area contributed by atoms with Crippen LogP contribution in [0.1, 0.15) is 13.8 Å². The van der Waals surface area contributed by atoms with Crippen LogP contribution in [-0.4, -0.2) is 51.0 Å². The molecule has 0 aliphatic heterocycles. The third-order valence-corrected chi connectivity index (χ3v) is 3.52. The van der Waals surface area contributed by atoms with Crippen LogP contribution in [0.4, 0.5) is 10.5 Å². The Hall–Kier alpha value is -2.31. The van der Waals surface area contributed by atoms with E-state index in [1.807, 2.05) is 47.3 Å². The molecule has 1 heterocycles. The predicted molar refractivity (Wildman–Crippen MR) is 89.7 cm³/mol. The highest BCUT2D eigenvalue weighted by Crippen LogP contribution is 2.16. The molecule has 23 heavy (non-hydrogen) atoms. The number of nitrogens with zero attached hydrogens (tertiary/aromatic N) is 2. The van der Waals surface area contributed by atoms with Gasteiger partial charge in [0, 0.05) is 30.3 Å². The Bertz CT molecular complexity index is 626. The molecule has 2 atom stereocenters. The summed E-state index contributed by atoms with van der Waals surface area (Å²) in [6.07, 6.45) is 3.18. The van der Waals surface area contributed by atoms with E-state index < -0.39 is 6.10 Å². The largest absolute Gasteiger partial charge is 0.394 e. The van der Waals surface area contributed by atoms with Gasteiger partial charge in [0.2, 0.25) is 0 Å². The van der Waals surface area contributed by atoms with Gasteiger partial charge in [0.25, 0.3) is 0 Å². The lowest BCUT2D eigenvalue weighted by Crippen LogP contribution is -2.46. The highest BCUT2D eigenvalue weighted by molar-refractivity contribution is 5.89. The number of aliphatic hydroxyl groups is 2. The van der Waals surface area contributed by atoms with E-state index in [1.54, 1.807) is 19.9 Å². The van der Waals surface area contributed by atoms with Crippen LogP contribution in [0, 0.1) is 0 Å². The van der Waals surface area contributed by atoms with Gasteiger partial charge < -0.3 is 25.0 Å². The Morgan fingerprint density at radius 1 is 1.26 bits per heavy atom. The molecule has 0 fully saturated rings. The molecule has 2 amide bonds. The second-order valence-corrected chi connectivity index (χ2v) is 5.60. The minimum absolute atomic E-state index is 0.158. The highest BCUT2D eigenvalue weighted by atomic mass is 16.3. The maximum Gasteiger partial charge on any atom is 0.322 e. The normalized spacial score (nSPS) is 13.4. The molecule has 0 aliphatic carbocycles. The van der Waals surface area contributed by atoms with Crippen LogP contribution < -0.4 is 5.32 Å². The van der Waals surface area contributed by atoms with Crippen molar-refractivity contribution in [2.24, 2.45) is 0 Å². The van der Waals surface area contributed by atoms with E-state index in [1.165, 1.54) is 4.90 Å². The van der Waals surface area contributed by atoms with E-state index in [0.29, 0.717) is 5.69 Å². The van der Waals surface area contributed by atoms with Gasteiger partial charge >= 0.3 is 6.03 Å². The number of anilines is 1. The summed E-state index contributed by atoms with van der Waals surface area (Å²) in [5, 5.41) is 21.7. The summed E-state index contributed by atoms with van der Waals surface area (Å²) in [6, 6.07) is 10.6. The number of nitrogens with one attached hydrogen (secondary N) is 1. The molecule has 0 saturated heterocycles. The zero-order valence-corrected chi connectivity index (χ0v) is 13.4. The summed E-state index contributed by atoms with van der Waals surface area (Å²) in [5.74, 6) is 0. The van der Waals surface area contributed by atoms with Gasteiger partial charge in [0.1, 0.15) is 0 Å². The van der Waals surface area contributed by atoms with E-state index in [0.717, 1.165) is 5.69 Å². The number of aliphatic hydroxyl groups excluding tert-OH is 2. The standard InChI is InChI=1S/C17H23N3O3/c1-13(12-21)20(11-14(2)22)17(23)18-15-6-5-7-16(10-15)19-8-3-4-9-19/h3-10,13-14,21-22H,11-12H2,1-2H3,(H,18,23). The number of carbonyl (C=O) groups is 1. The van der Waals surface area contributed by atoms with Gasteiger partial charge in [-0.1, -0.05) is 6.07 Å². The lowest BCUT2D eigenvalue weighted by atomic mass is 10.2. The zero-order valence-electron chi connectivity index (χ0n) is 13.4. The Kier molecular flexibility index (Phi) is 5.78. The second kappa shape index (κ2) is 7.80. The number of rotatable bonds is 6. The quantitative estimate of drug-likeness (QED) is 0.763. The molecule has 0 aliphatic rings. The van der Waals surface area contributed by atoms with Crippen LogP contribution in [0.5, 0.6) is 0 Å². The molecule has 0 spiro atoms. The number of carbonyl (C=O) groups excluding carboxylic acids is 1. The maximum atomic E-state index is 12.4. The number of aromatic nitrogens is 1. The van der Waals surface area contributed by atoms with Crippen molar-refractivity contribution >= 4 is 11.7 Å². The molecule has 0 saturated carbocycles. The molecular weight excluding hydrogens is 294 g/mol. The second-order valence-electron chi connectivity index (χ2n) is 5.60. The third kappa shape index (κ3) is 4.58. The molecule has 2 unspecified atom stereocenters. The first kappa shape index (κ1) is 17.1. The lowest BCUT2D eigenvalue weighted by molar-refractivity contribution is 0.0995. The van der Waals surface area contributed by atoms with Crippen molar-refractivity contribution in [3.8, 4) is 5.69 Å². The first-order valence-corrected chi connectivity index (χ1v) is 7.61. The minimum Gasteiger partial charge on any atom is -0.394 e. The van der Waals surface area contributed by atoms with Crippen molar-refractivity contribution in [3.05, 3.63) is 48.8 Å². The van der Waals surface area contributed by atoms with Crippen molar-refractivity contribution in [2.45, 2.75) is 26.0 Å². The molecule has 3 N–H and O–H groups in total. The van der Waals surface area contributed by atoms with E-state index in [2.05, 4.69) is 5.32 Å². The maximum absolute atomic E-state index is 12.4. The van der Waals surface area contributed by atoms with E-state index >= 15 is 0 Å². The summed E-state index contributed by atoms with van der Waals surface area (Å²) in [5.41, 5.74) is 1.59. The van der Waals surface area contributed by atoms with Crippen molar-refractivity contribution in [1.29, 1.82) is 0 Å². The van der Waals surface area contributed by atoms with Crippen molar-refractivity contribution in [2.75, 3.05) is 18.5 Å². The molecule has 0 bridgehead atoms.